The molecule has 10 heteroatoms. The second-order valence-electron chi connectivity index (χ2n) is 24.7. The van der Waals surface area contributed by atoms with Crippen molar-refractivity contribution in [1.29, 1.82) is 0 Å². The molecule has 0 aromatic carbocycles. The van der Waals surface area contributed by atoms with Crippen LogP contribution < -0.4 is 5.32 Å². The quantitative estimate of drug-likeness (QED) is 0.0205. The zero-order valence-electron chi connectivity index (χ0n) is 56.1. The lowest BCUT2D eigenvalue weighted by Gasteiger charge is -2.27. The molecule has 2 N–H and O–H groups in total. The number of likely N-dealkylation sites (N-methyl/N-ethyl adjacent to an activating group) is 1. The van der Waals surface area contributed by atoms with Crippen molar-refractivity contribution in [1.82, 2.24) is 5.32 Å². The van der Waals surface area contributed by atoms with Gasteiger partial charge < -0.3 is 19.4 Å². The number of esters is 1. The Morgan fingerprint density at radius 1 is 0.412 bits per heavy atom. The van der Waals surface area contributed by atoms with Crippen molar-refractivity contribution in [3.8, 4) is 0 Å². The summed E-state index contributed by atoms with van der Waals surface area (Å²) in [5.74, 6) is -0.529. The Morgan fingerprint density at radius 3 is 1.09 bits per heavy atom. The van der Waals surface area contributed by atoms with E-state index in [0.717, 1.165) is 122 Å². The molecule has 0 aliphatic heterocycles. The number of ether oxygens (including phenoxy) is 1. The first kappa shape index (κ1) is 81.7. The van der Waals surface area contributed by atoms with E-state index in [0.29, 0.717) is 17.4 Å². The molecule has 0 saturated heterocycles. The third kappa shape index (κ3) is 65.0. The van der Waals surface area contributed by atoms with Crippen molar-refractivity contribution in [2.75, 3.05) is 40.9 Å². The molecule has 490 valence electrons. The molecule has 0 aromatic heterocycles. The number of hydrogen-bond donors (Lipinski definition) is 2. The van der Waals surface area contributed by atoms with E-state index < -0.39 is 20.0 Å². The van der Waals surface area contributed by atoms with Crippen molar-refractivity contribution < 1.29 is 37.3 Å². The van der Waals surface area contributed by atoms with Gasteiger partial charge in [0.1, 0.15) is 19.3 Å². The summed E-state index contributed by atoms with van der Waals surface area (Å²) in [5.41, 5.74) is 0. The highest BCUT2D eigenvalue weighted by Crippen LogP contribution is 2.43. The maximum atomic E-state index is 13.6. The summed E-state index contributed by atoms with van der Waals surface area (Å²) in [5, 5.41) is 3.06. The van der Waals surface area contributed by atoms with Gasteiger partial charge in [0.25, 0.3) is 0 Å². The molecular formula is C75H134N2O7P+. The minimum atomic E-state index is -4.47. The average Bonchev–Trinajstić information content (AvgIpc) is 3.52. The van der Waals surface area contributed by atoms with Crippen molar-refractivity contribution in [2.45, 2.75) is 315 Å². The number of unbranched alkanes of at least 4 members (excludes halogenated alkanes) is 31. The minimum absolute atomic E-state index is 0.0308. The van der Waals surface area contributed by atoms with Gasteiger partial charge in [-0.05, 0) is 122 Å². The van der Waals surface area contributed by atoms with E-state index >= 15 is 0 Å². The Balaban J connectivity index is 5.21. The normalized spacial score (nSPS) is 14.2. The van der Waals surface area contributed by atoms with Crippen LogP contribution in [-0.2, 0) is 27.9 Å². The fraction of sp³-hybridized carbons (Fsp3) is 0.733. The first-order valence-corrected chi connectivity index (χ1v) is 36.7. The maximum absolute atomic E-state index is 13.6. The van der Waals surface area contributed by atoms with Gasteiger partial charge in [0, 0.05) is 12.8 Å². The summed E-state index contributed by atoms with van der Waals surface area (Å²) < 4.78 is 30.8. The Bertz CT molecular complexity index is 1820. The number of quaternary nitrogens is 1. The van der Waals surface area contributed by atoms with E-state index in [1.54, 1.807) is 0 Å². The summed E-state index contributed by atoms with van der Waals surface area (Å²) >= 11 is 0. The number of hydrogen-bond acceptors (Lipinski definition) is 6. The number of rotatable bonds is 63. The average molecular weight is 1210 g/mol. The summed E-state index contributed by atoms with van der Waals surface area (Å²) in [6, 6.07) is -0.867. The predicted molar refractivity (Wildman–Crippen MR) is 369 cm³/mol. The number of phosphoric ester groups is 1. The summed E-state index contributed by atoms with van der Waals surface area (Å²) in [7, 11) is 1.47. The number of nitrogens with one attached hydrogen (secondary N) is 1. The highest BCUT2D eigenvalue weighted by Gasteiger charge is 2.30. The molecule has 9 nitrogen and oxygen atoms in total. The SMILES string of the molecule is CCCCC/C=C\C/C=C\C/C=C\C/C=C\CCCCCCCCCC(=O)NC(COP(=O)(O)OCC[N+](C)(C)C)C(/C=C/CCCCCCCCCCCCC)OC(=O)CCCCCCCCC/C=C\C/C=C\C/C=C\C/C=C\CCCCC. The molecule has 0 bridgehead atoms. The van der Waals surface area contributed by atoms with Gasteiger partial charge in [-0.2, -0.15) is 0 Å². The van der Waals surface area contributed by atoms with Gasteiger partial charge in [-0.25, -0.2) is 4.57 Å². The molecule has 0 aromatic rings. The number of carbonyl (C=O) groups is 2. The fourth-order valence-corrected chi connectivity index (χ4v) is 10.5. The Kier molecular flexibility index (Phi) is 61.2. The molecule has 3 atom stereocenters. The third-order valence-electron chi connectivity index (χ3n) is 15.2. The highest BCUT2D eigenvalue weighted by atomic mass is 31.2. The van der Waals surface area contributed by atoms with Gasteiger partial charge in [0.05, 0.1) is 33.8 Å². The number of nitrogens with zero attached hydrogens (tertiary/aromatic N) is 1. The third-order valence-corrected chi connectivity index (χ3v) is 16.2. The topological polar surface area (TPSA) is 111 Å². The number of carbonyl (C=O) groups excluding carboxylic acids is 2. The lowest BCUT2D eigenvalue weighted by atomic mass is 10.0. The van der Waals surface area contributed by atoms with Crippen molar-refractivity contribution in [2.24, 2.45) is 0 Å². The maximum Gasteiger partial charge on any atom is 0.472 e. The highest BCUT2D eigenvalue weighted by molar-refractivity contribution is 7.47. The molecule has 0 heterocycles. The van der Waals surface area contributed by atoms with E-state index in [1.807, 2.05) is 33.3 Å². The van der Waals surface area contributed by atoms with Gasteiger partial charge in [0.2, 0.25) is 5.91 Å². The Hall–Kier alpha value is -3.33. The summed E-state index contributed by atoms with van der Waals surface area (Å²) in [6.45, 7) is 6.95. The Morgan fingerprint density at radius 2 is 0.718 bits per heavy atom. The molecule has 0 saturated carbocycles. The van der Waals surface area contributed by atoms with E-state index in [2.05, 4.69) is 123 Å². The predicted octanol–water partition coefficient (Wildman–Crippen LogP) is 22.5. The van der Waals surface area contributed by atoms with E-state index in [-0.39, 0.29) is 31.5 Å². The molecule has 85 heavy (non-hydrogen) atoms. The molecule has 0 aliphatic rings. The molecular weight excluding hydrogens is 1070 g/mol. The molecule has 0 fully saturated rings. The van der Waals surface area contributed by atoms with Gasteiger partial charge >= 0.3 is 13.8 Å². The van der Waals surface area contributed by atoms with E-state index in [1.165, 1.54) is 148 Å². The first-order chi connectivity index (χ1) is 41.4. The zero-order valence-corrected chi connectivity index (χ0v) is 57.0. The van der Waals surface area contributed by atoms with Crippen LogP contribution in [0.25, 0.3) is 0 Å². The van der Waals surface area contributed by atoms with Gasteiger partial charge in [-0.1, -0.05) is 278 Å². The standard InChI is InChI=1S/C75H133N2O7P/c1-7-10-13-16-19-22-25-28-30-32-34-36-38-40-42-44-46-49-52-55-58-61-64-67-74(78)76-72(71-83-85(80,81)82-70-69-77(4,5)6)73(66-63-60-57-54-51-48-27-24-21-18-15-12-9-3)84-75(79)68-65-62-59-56-53-50-47-45-43-41-39-37-35-33-31-29-26-23-20-17-14-11-8-2/h19-20,22-23,28-31,34-37,40-43,63,66,72-73H,7-18,21,24-27,32-33,38-39,44-62,64-65,67-71H2,1-6H3,(H-,76,78,80,81)/p+1/b22-19-,23-20-,30-28-,31-29-,36-34-,37-35-,42-40-,43-41-,66-63+. The second-order valence-corrected chi connectivity index (χ2v) is 26.1. The Labute approximate surface area is 525 Å². The van der Waals surface area contributed by atoms with Crippen LogP contribution in [0, 0.1) is 0 Å². The minimum Gasteiger partial charge on any atom is -0.456 e. The molecule has 1 amide bonds. The van der Waals surface area contributed by atoms with Crippen LogP contribution in [0.2, 0.25) is 0 Å². The summed E-state index contributed by atoms with van der Waals surface area (Å²) in [4.78, 5) is 37.9. The van der Waals surface area contributed by atoms with Crippen LogP contribution in [-0.4, -0.2) is 74.3 Å². The van der Waals surface area contributed by atoms with Crippen molar-refractivity contribution >= 4 is 19.7 Å². The molecule has 0 radical (unpaired) electrons. The van der Waals surface area contributed by atoms with Crippen LogP contribution in [0.15, 0.2) is 109 Å². The van der Waals surface area contributed by atoms with Crippen LogP contribution in [0.5, 0.6) is 0 Å². The van der Waals surface area contributed by atoms with Crippen LogP contribution >= 0.6 is 7.82 Å². The fourth-order valence-electron chi connectivity index (χ4n) is 9.73. The van der Waals surface area contributed by atoms with Gasteiger partial charge in [0.15, 0.2) is 0 Å². The van der Waals surface area contributed by atoms with Crippen molar-refractivity contribution in [3.63, 3.8) is 0 Å². The summed E-state index contributed by atoms with van der Waals surface area (Å²) in [6.07, 6.45) is 88.0. The first-order valence-electron chi connectivity index (χ1n) is 35.2. The van der Waals surface area contributed by atoms with Crippen LogP contribution in [0.4, 0.5) is 0 Å². The number of amides is 1. The monoisotopic (exact) mass is 1210 g/mol. The lowest BCUT2D eigenvalue weighted by Crippen LogP contribution is -2.47. The van der Waals surface area contributed by atoms with Gasteiger partial charge in [-0.15, -0.1) is 0 Å². The van der Waals surface area contributed by atoms with Crippen LogP contribution in [0.1, 0.15) is 303 Å². The molecule has 3 unspecified atom stereocenters. The molecule has 0 aliphatic carbocycles. The number of phosphoric acid groups is 1. The smallest absolute Gasteiger partial charge is 0.456 e. The lowest BCUT2D eigenvalue weighted by molar-refractivity contribution is -0.870. The largest absolute Gasteiger partial charge is 0.472 e. The zero-order chi connectivity index (χ0) is 62.1. The number of allylic oxidation sites excluding steroid dienone is 17. The second kappa shape index (κ2) is 63.7. The van der Waals surface area contributed by atoms with Crippen LogP contribution in [0.3, 0.4) is 0 Å². The molecule has 0 spiro atoms. The van der Waals surface area contributed by atoms with Crippen molar-refractivity contribution in [3.05, 3.63) is 109 Å². The van der Waals surface area contributed by atoms with E-state index in [4.69, 9.17) is 13.8 Å². The van der Waals surface area contributed by atoms with E-state index in [9.17, 15) is 19.0 Å². The molecule has 0 rings (SSSR count). The van der Waals surface area contributed by atoms with Gasteiger partial charge in [-0.3, -0.25) is 18.6 Å².